The van der Waals surface area contributed by atoms with Crippen LogP contribution in [-0.2, 0) is 31.2 Å². The number of amides is 1. The zero-order valence-corrected chi connectivity index (χ0v) is 27.7. The number of halogens is 2. The third-order valence-electron chi connectivity index (χ3n) is 12.1. The van der Waals surface area contributed by atoms with E-state index in [0.717, 1.165) is 93.5 Å². The van der Waals surface area contributed by atoms with Crippen LogP contribution in [0.4, 0.5) is 20.3 Å². The monoisotopic (exact) mass is 647 g/mol. The quantitative estimate of drug-likeness (QED) is 0.370. The van der Waals surface area contributed by atoms with Crippen LogP contribution in [0.1, 0.15) is 99.6 Å². The van der Waals surface area contributed by atoms with Gasteiger partial charge >= 0.3 is 0 Å². The number of carbonyl (C=O) groups is 1. The number of fused-ring (bicyclic) bond motifs is 2. The largest absolute Gasteiger partial charge is 0.393 e. The van der Waals surface area contributed by atoms with E-state index >= 15 is 0 Å². The minimum Gasteiger partial charge on any atom is -0.393 e. The lowest BCUT2D eigenvalue weighted by molar-refractivity contribution is -0.129. The summed E-state index contributed by atoms with van der Waals surface area (Å²) < 4.78 is 33.1. The molecular weight excluding hydrogens is 600 g/mol. The fraction of sp³-hybridized carbons (Fsp3) is 0.639. The van der Waals surface area contributed by atoms with Crippen LogP contribution in [0, 0.1) is 5.41 Å². The number of aliphatic hydroxyl groups is 1. The van der Waals surface area contributed by atoms with Crippen molar-refractivity contribution in [3.05, 3.63) is 46.9 Å². The van der Waals surface area contributed by atoms with Crippen LogP contribution in [0.2, 0.25) is 0 Å². The van der Waals surface area contributed by atoms with E-state index in [9.17, 15) is 18.7 Å². The fourth-order valence-corrected chi connectivity index (χ4v) is 9.46. The Morgan fingerprint density at radius 3 is 2.43 bits per heavy atom. The second-order valence-corrected chi connectivity index (χ2v) is 15.0. The third kappa shape index (κ3) is 5.57. The minimum atomic E-state index is -2.63. The number of nitrogens with zero attached hydrogens (tertiary/aromatic N) is 7. The maximum Gasteiger partial charge on any atom is 0.264 e. The zero-order valence-electron chi connectivity index (χ0n) is 27.7. The van der Waals surface area contributed by atoms with Gasteiger partial charge in [-0.2, -0.15) is 10.2 Å². The third-order valence-corrected chi connectivity index (χ3v) is 12.1. The number of aryl methyl sites for hydroxylation is 2. The van der Waals surface area contributed by atoms with Crippen molar-refractivity contribution in [3.63, 3.8) is 0 Å². The van der Waals surface area contributed by atoms with Crippen LogP contribution in [0.3, 0.4) is 0 Å². The van der Waals surface area contributed by atoms with Crippen molar-refractivity contribution in [3.8, 4) is 11.1 Å². The Bertz CT molecular complexity index is 1640. The van der Waals surface area contributed by atoms with Crippen LogP contribution in [0.5, 0.6) is 0 Å². The molecule has 3 aliphatic heterocycles. The minimum absolute atomic E-state index is 0.0118. The van der Waals surface area contributed by atoms with Gasteiger partial charge in [-0.1, -0.05) is 0 Å². The van der Waals surface area contributed by atoms with Gasteiger partial charge < -0.3 is 19.8 Å². The molecule has 47 heavy (non-hydrogen) atoms. The van der Waals surface area contributed by atoms with Gasteiger partial charge in [0, 0.05) is 73.8 Å². The molecule has 9 nitrogen and oxygen atoms in total. The molecule has 8 rings (SSSR count). The summed E-state index contributed by atoms with van der Waals surface area (Å²) >= 11 is 0. The molecule has 1 saturated heterocycles. The lowest BCUT2D eigenvalue weighted by Gasteiger charge is -2.52. The summed E-state index contributed by atoms with van der Waals surface area (Å²) in [6.07, 6.45) is 12.0. The van der Waals surface area contributed by atoms with Crippen molar-refractivity contribution in [1.29, 1.82) is 0 Å². The SMILES string of the molecule is CC(=O)N1CCc2c(c(N3CCCc4cc(-c5cnn(C)c5)c(C(F)F)cc43)nn2C2CCC(N3CCC4(CC3)CC(O)C4)CC2)C1. The van der Waals surface area contributed by atoms with Gasteiger partial charge in [0.25, 0.3) is 6.43 Å². The molecule has 1 amide bonds. The highest BCUT2D eigenvalue weighted by Crippen LogP contribution is 2.50. The Morgan fingerprint density at radius 2 is 1.77 bits per heavy atom. The molecule has 1 aromatic carbocycles. The Labute approximate surface area is 275 Å². The summed E-state index contributed by atoms with van der Waals surface area (Å²) in [4.78, 5) is 19.3. The molecule has 1 N–H and O–H groups in total. The fourth-order valence-electron chi connectivity index (χ4n) is 9.46. The predicted octanol–water partition coefficient (Wildman–Crippen LogP) is 5.93. The molecule has 1 spiro atoms. The van der Waals surface area contributed by atoms with Crippen molar-refractivity contribution in [2.45, 2.75) is 109 Å². The van der Waals surface area contributed by atoms with Gasteiger partial charge in [0.15, 0.2) is 5.82 Å². The molecule has 2 aromatic heterocycles. The first kappa shape index (κ1) is 31.0. The van der Waals surface area contributed by atoms with Crippen LogP contribution in [-0.4, -0.2) is 78.7 Å². The van der Waals surface area contributed by atoms with Crippen LogP contribution in [0.15, 0.2) is 24.5 Å². The molecule has 5 aliphatic rings. The normalized spacial score (nSPS) is 24.8. The van der Waals surface area contributed by atoms with E-state index in [-0.39, 0.29) is 17.6 Å². The van der Waals surface area contributed by atoms with Crippen LogP contribution >= 0.6 is 0 Å². The number of rotatable bonds is 5. The van der Waals surface area contributed by atoms with Gasteiger partial charge in [0.05, 0.1) is 24.9 Å². The standard InChI is InChI=1S/C36H47F2N7O2/c1-23(46)43-13-9-32-31(22-43)35(40-45(32)27-7-5-26(6-8-27)42-14-10-36(11-15-42)18-28(47)19-36)44-12-3-4-24-16-29(25-20-39-41(2)21-25)30(34(37)38)17-33(24)44/h16-17,20-21,26-28,34,47H,3-15,18-19,22H2,1-2H3. The van der Waals surface area contributed by atoms with Crippen LogP contribution < -0.4 is 4.90 Å². The molecule has 2 aliphatic carbocycles. The van der Waals surface area contributed by atoms with E-state index in [1.807, 2.05) is 11.0 Å². The first-order valence-electron chi connectivity index (χ1n) is 17.7. The van der Waals surface area contributed by atoms with Gasteiger partial charge in [0.2, 0.25) is 5.91 Å². The van der Waals surface area contributed by atoms with Crippen LogP contribution in [0.25, 0.3) is 11.1 Å². The smallest absolute Gasteiger partial charge is 0.264 e. The predicted molar refractivity (Wildman–Crippen MR) is 176 cm³/mol. The Hall–Kier alpha value is -3.31. The van der Waals surface area contributed by atoms with E-state index in [1.54, 1.807) is 37.1 Å². The molecule has 0 radical (unpaired) electrons. The summed E-state index contributed by atoms with van der Waals surface area (Å²) in [5.74, 6) is 0.877. The highest BCUT2D eigenvalue weighted by atomic mass is 19.3. The lowest BCUT2D eigenvalue weighted by atomic mass is 9.61. The number of benzene rings is 1. The van der Waals surface area contributed by atoms with Crippen molar-refractivity contribution >= 4 is 17.4 Å². The summed E-state index contributed by atoms with van der Waals surface area (Å²) in [6, 6.07) is 4.51. The molecule has 0 unspecified atom stereocenters. The molecule has 3 aromatic rings. The second kappa shape index (κ2) is 12.0. The number of hydrogen-bond acceptors (Lipinski definition) is 6. The van der Waals surface area contributed by atoms with Gasteiger partial charge in [-0.25, -0.2) is 8.78 Å². The summed E-state index contributed by atoms with van der Waals surface area (Å²) in [5.41, 5.74) is 5.77. The number of aliphatic hydroxyl groups excluding tert-OH is 1. The number of carbonyl (C=O) groups excluding carboxylic acids is 1. The topological polar surface area (TPSA) is 82.7 Å². The van der Waals surface area contributed by atoms with E-state index in [4.69, 9.17) is 5.10 Å². The number of alkyl halides is 2. The van der Waals surface area contributed by atoms with Crippen molar-refractivity contribution in [2.24, 2.45) is 12.5 Å². The maximum absolute atomic E-state index is 14.6. The highest BCUT2D eigenvalue weighted by molar-refractivity contribution is 5.78. The zero-order chi connectivity index (χ0) is 32.4. The lowest BCUT2D eigenvalue weighted by Crippen LogP contribution is -2.52. The Kier molecular flexibility index (Phi) is 7.90. The van der Waals surface area contributed by atoms with E-state index < -0.39 is 6.43 Å². The first-order valence-corrected chi connectivity index (χ1v) is 17.7. The molecule has 3 fully saturated rings. The number of aromatic nitrogens is 4. The Balaban J connectivity index is 1.08. The first-order chi connectivity index (χ1) is 22.7. The second-order valence-electron chi connectivity index (χ2n) is 15.0. The molecule has 0 atom stereocenters. The van der Waals surface area contributed by atoms with E-state index in [2.05, 4.69) is 19.6 Å². The molecule has 0 bridgehead atoms. The molecule has 252 valence electrons. The van der Waals surface area contributed by atoms with Gasteiger partial charge in [-0.15, -0.1) is 0 Å². The molecular formula is C36H47F2N7O2. The average Bonchev–Trinajstić information content (AvgIpc) is 3.67. The average molecular weight is 648 g/mol. The van der Waals surface area contributed by atoms with Gasteiger partial charge in [-0.05, 0) is 106 Å². The van der Waals surface area contributed by atoms with Gasteiger partial charge in [0.1, 0.15) is 0 Å². The van der Waals surface area contributed by atoms with Crippen molar-refractivity contribution < 1.29 is 18.7 Å². The molecule has 2 saturated carbocycles. The van der Waals surface area contributed by atoms with Gasteiger partial charge in [-0.3, -0.25) is 14.2 Å². The number of likely N-dealkylation sites (tertiary alicyclic amines) is 1. The summed E-state index contributed by atoms with van der Waals surface area (Å²) in [6.45, 7) is 5.78. The number of anilines is 2. The summed E-state index contributed by atoms with van der Waals surface area (Å²) in [7, 11) is 1.80. The maximum atomic E-state index is 14.6. The summed E-state index contributed by atoms with van der Waals surface area (Å²) in [5, 5.41) is 19.5. The van der Waals surface area contributed by atoms with Crippen molar-refractivity contribution in [1.82, 2.24) is 29.4 Å². The number of hydrogen-bond donors (Lipinski definition) is 1. The highest BCUT2D eigenvalue weighted by Gasteiger charge is 2.46. The molecule has 5 heterocycles. The van der Waals surface area contributed by atoms with E-state index in [1.165, 1.54) is 18.5 Å². The Morgan fingerprint density at radius 1 is 1.02 bits per heavy atom. The van der Waals surface area contributed by atoms with E-state index in [0.29, 0.717) is 48.3 Å². The molecule has 11 heteroatoms. The number of piperidine rings is 1. The van der Waals surface area contributed by atoms with Crippen molar-refractivity contribution in [2.75, 3.05) is 31.1 Å².